The third-order valence-electron chi connectivity index (χ3n) is 6.97. The molecule has 0 heterocycles. The Balaban J connectivity index is 2.15. The van der Waals surface area contributed by atoms with E-state index >= 15 is 0 Å². The topological polar surface area (TPSA) is 164 Å². The Morgan fingerprint density at radius 1 is 1.03 bits per heavy atom. The van der Waals surface area contributed by atoms with Gasteiger partial charge in [-0.2, -0.15) is 0 Å². The van der Waals surface area contributed by atoms with Crippen molar-refractivity contribution in [2.45, 2.75) is 72.0 Å². The molecule has 2 rings (SSSR count). The van der Waals surface area contributed by atoms with Crippen molar-refractivity contribution in [2.24, 2.45) is 16.2 Å². The van der Waals surface area contributed by atoms with Crippen molar-refractivity contribution in [3.63, 3.8) is 0 Å². The van der Waals surface area contributed by atoms with E-state index in [0.29, 0.717) is 19.3 Å². The molecule has 200 valence electrons. The highest BCUT2D eigenvalue weighted by Crippen LogP contribution is 2.65. The number of hydrogen-bond acceptors (Lipinski definition) is 12. The predicted octanol–water partition coefficient (Wildman–Crippen LogP) is 1.96. The van der Waals surface area contributed by atoms with E-state index in [9.17, 15) is 27.9 Å². The molecule has 0 spiro atoms. The van der Waals surface area contributed by atoms with Crippen LogP contribution in [0, 0.1) is 16.2 Å². The summed E-state index contributed by atoms with van der Waals surface area (Å²) in [6.45, 7) is 5.85. The monoisotopic (exact) mass is 521 g/mol. The van der Waals surface area contributed by atoms with Crippen LogP contribution in [-0.2, 0) is 53.6 Å². The fraction of sp³-hybridized carbons (Fsp3) is 0.818. The molecule has 12 nitrogen and oxygen atoms in total. The van der Waals surface area contributed by atoms with Gasteiger partial charge in [-0.1, -0.05) is 6.92 Å². The summed E-state index contributed by atoms with van der Waals surface area (Å²) in [6.07, 6.45) is -2.22. The van der Waals surface area contributed by atoms with Gasteiger partial charge in [0.25, 0.3) is 0 Å². The van der Waals surface area contributed by atoms with Crippen LogP contribution in [0.3, 0.4) is 0 Å². The fourth-order valence-electron chi connectivity index (χ4n) is 4.73. The largest absolute Gasteiger partial charge is 0.750 e. The zero-order valence-electron chi connectivity index (χ0n) is 20.6. The number of hydrogen-bond donors (Lipinski definition) is 0. The van der Waals surface area contributed by atoms with E-state index in [4.69, 9.17) is 27.9 Å². The van der Waals surface area contributed by atoms with Gasteiger partial charge in [0.1, 0.15) is 25.4 Å². The number of carbonyl (C=O) groups excluding carboxylic acids is 4. The van der Waals surface area contributed by atoms with Gasteiger partial charge in [0.15, 0.2) is 0 Å². The molecular formula is C22H33O12S-. The summed E-state index contributed by atoms with van der Waals surface area (Å²) < 4.78 is 53.6. The van der Waals surface area contributed by atoms with E-state index in [-0.39, 0.29) is 32.7 Å². The normalized spacial score (nSPS) is 28.2. The number of rotatable bonds is 12. The van der Waals surface area contributed by atoms with Crippen LogP contribution >= 0.6 is 0 Å². The first-order chi connectivity index (χ1) is 16.3. The van der Waals surface area contributed by atoms with Crippen LogP contribution in [0.2, 0.25) is 0 Å². The Hall–Kier alpha value is -2.25. The lowest BCUT2D eigenvalue weighted by molar-refractivity contribution is -0.155. The molecule has 0 N–H and O–H groups in total. The number of esters is 3. The minimum absolute atomic E-state index is 0.168. The van der Waals surface area contributed by atoms with E-state index in [0.717, 1.165) is 0 Å². The molecule has 0 aromatic carbocycles. The molecule has 0 aromatic rings. The summed E-state index contributed by atoms with van der Waals surface area (Å²) >= 11 is -2.98. The maximum absolute atomic E-state index is 12.5. The van der Waals surface area contributed by atoms with Crippen LogP contribution in [0.5, 0.6) is 0 Å². The maximum Gasteiger partial charge on any atom is 0.508 e. The summed E-state index contributed by atoms with van der Waals surface area (Å²) in [4.78, 5) is 48.1. The van der Waals surface area contributed by atoms with E-state index in [2.05, 4.69) is 0 Å². The van der Waals surface area contributed by atoms with Crippen LogP contribution in [-0.4, -0.2) is 72.0 Å². The minimum Gasteiger partial charge on any atom is -0.750 e. The highest BCUT2D eigenvalue weighted by molar-refractivity contribution is 7.74. The quantitative estimate of drug-likeness (QED) is 0.159. The Bertz CT molecular complexity index is 842. The van der Waals surface area contributed by atoms with Crippen molar-refractivity contribution < 1.29 is 55.8 Å². The summed E-state index contributed by atoms with van der Waals surface area (Å²) in [5.41, 5.74) is -2.68. The molecule has 2 bridgehead atoms. The first kappa shape index (κ1) is 29.0. The van der Waals surface area contributed by atoms with Crippen LogP contribution < -0.4 is 0 Å². The third kappa shape index (κ3) is 6.91. The molecular weight excluding hydrogens is 488 g/mol. The lowest BCUT2D eigenvalue weighted by Crippen LogP contribution is -2.50. The molecule has 5 unspecified atom stereocenters. The molecule has 2 fully saturated rings. The van der Waals surface area contributed by atoms with Gasteiger partial charge < -0.3 is 28.2 Å². The van der Waals surface area contributed by atoms with Gasteiger partial charge >= 0.3 is 24.1 Å². The van der Waals surface area contributed by atoms with Crippen LogP contribution in [0.25, 0.3) is 0 Å². The first-order valence-corrected chi connectivity index (χ1v) is 12.3. The van der Waals surface area contributed by atoms with Crippen LogP contribution in [0.1, 0.15) is 59.8 Å². The number of methoxy groups -OCH3 is 1. The second-order valence-electron chi connectivity index (χ2n) is 9.67. The molecule has 2 saturated carbocycles. The van der Waals surface area contributed by atoms with Gasteiger partial charge in [-0.3, -0.25) is 18.6 Å². The van der Waals surface area contributed by atoms with Crippen molar-refractivity contribution in [1.29, 1.82) is 0 Å². The van der Waals surface area contributed by atoms with Crippen molar-refractivity contribution in [3.05, 3.63) is 0 Å². The highest BCUT2D eigenvalue weighted by atomic mass is 32.2. The maximum atomic E-state index is 12.5. The summed E-state index contributed by atoms with van der Waals surface area (Å²) in [5.74, 6) is -1.60. The average Bonchev–Trinajstić information content (AvgIpc) is 3.27. The van der Waals surface area contributed by atoms with Crippen molar-refractivity contribution >= 4 is 35.4 Å². The zero-order chi connectivity index (χ0) is 26.4. The molecule has 0 saturated heterocycles. The first-order valence-electron chi connectivity index (χ1n) is 11.3. The Morgan fingerprint density at radius 2 is 1.66 bits per heavy atom. The van der Waals surface area contributed by atoms with E-state index < -0.39 is 63.9 Å². The Kier molecular flexibility index (Phi) is 9.65. The molecule has 0 radical (unpaired) electrons. The van der Waals surface area contributed by atoms with Crippen molar-refractivity contribution in [1.82, 2.24) is 0 Å². The molecule has 0 aromatic heterocycles. The zero-order valence-corrected chi connectivity index (χ0v) is 21.4. The van der Waals surface area contributed by atoms with Crippen LogP contribution in [0.15, 0.2) is 0 Å². The van der Waals surface area contributed by atoms with Gasteiger partial charge in [-0.25, -0.2) is 9.00 Å². The third-order valence-corrected chi connectivity index (χ3v) is 7.34. The summed E-state index contributed by atoms with van der Waals surface area (Å²) in [7, 11) is 1.21. The number of fused-ring (bicyclic) bond motifs is 2. The SMILES string of the molecule is CCC(C)(C)C(=O)OCCOC(=O)OC1C(OS(=O)[O-])C2(COC(C)=O)CCC1(CC(=O)OC)C2. The molecule has 0 aliphatic heterocycles. The lowest BCUT2D eigenvalue weighted by Gasteiger charge is -2.40. The average molecular weight is 522 g/mol. The van der Waals surface area contributed by atoms with E-state index in [1.54, 1.807) is 13.8 Å². The molecule has 35 heavy (non-hydrogen) atoms. The standard InChI is InChI=1S/C22H34O12S/c1-6-20(3,4)18(25)30-9-10-31-19(26)33-16-17(34-35(27)28)22(13-32-14(2)23)8-7-21(16,12-22)11-15(24)29-5/h16-17H,6-13H2,1-5H3,(H,27,28)/p-1. The molecule has 0 amide bonds. The number of ether oxygens (including phenoxy) is 5. The Morgan fingerprint density at radius 3 is 2.23 bits per heavy atom. The lowest BCUT2D eigenvalue weighted by atomic mass is 9.76. The molecule has 2 aliphatic carbocycles. The van der Waals surface area contributed by atoms with E-state index in [1.807, 2.05) is 6.92 Å². The van der Waals surface area contributed by atoms with Crippen LogP contribution in [0.4, 0.5) is 4.79 Å². The van der Waals surface area contributed by atoms with Crippen molar-refractivity contribution in [3.8, 4) is 0 Å². The molecule has 5 atom stereocenters. The predicted molar refractivity (Wildman–Crippen MR) is 117 cm³/mol. The molecule has 2 aliphatic rings. The van der Waals surface area contributed by atoms with Gasteiger partial charge in [0.2, 0.25) is 0 Å². The van der Waals surface area contributed by atoms with Gasteiger partial charge in [-0.15, -0.1) is 0 Å². The van der Waals surface area contributed by atoms with Gasteiger partial charge in [-0.05, 0) is 39.5 Å². The van der Waals surface area contributed by atoms with Crippen molar-refractivity contribution in [2.75, 3.05) is 26.9 Å². The van der Waals surface area contributed by atoms with Gasteiger partial charge in [0, 0.05) is 17.8 Å². The Labute approximate surface area is 206 Å². The number of carbonyl (C=O) groups is 4. The highest BCUT2D eigenvalue weighted by Gasteiger charge is 2.69. The minimum atomic E-state index is -2.98. The second-order valence-corrected chi connectivity index (χ2v) is 10.3. The smallest absolute Gasteiger partial charge is 0.508 e. The summed E-state index contributed by atoms with van der Waals surface area (Å²) in [6, 6.07) is 0. The van der Waals surface area contributed by atoms with Gasteiger partial charge in [0.05, 0.1) is 36.9 Å². The fourth-order valence-corrected chi connectivity index (χ4v) is 5.20. The second kappa shape index (κ2) is 11.7. The van der Waals surface area contributed by atoms with E-state index in [1.165, 1.54) is 14.0 Å². The molecule has 13 heteroatoms. The summed E-state index contributed by atoms with van der Waals surface area (Å²) in [5, 5.41) is 0.